The predicted molar refractivity (Wildman–Crippen MR) is 115 cm³/mol. The molecular formula is C23H20N3O4S. The minimum Gasteiger partial charge on any atom is -0.497 e. The maximum atomic E-state index is 13.2. The van der Waals surface area contributed by atoms with Gasteiger partial charge in [-0.15, -0.1) is 5.14 Å². The van der Waals surface area contributed by atoms with Gasteiger partial charge in [0.05, 0.1) is 29.6 Å². The van der Waals surface area contributed by atoms with Crippen LogP contribution in [0.2, 0.25) is 0 Å². The molecule has 8 heteroatoms. The maximum Gasteiger partial charge on any atom is 0.254 e. The predicted octanol–water partition coefficient (Wildman–Crippen LogP) is 3.21. The topological polar surface area (TPSA) is 111 Å². The van der Waals surface area contributed by atoms with Gasteiger partial charge >= 0.3 is 0 Å². The van der Waals surface area contributed by atoms with Crippen molar-refractivity contribution in [3.05, 3.63) is 71.3 Å². The molecule has 7 nitrogen and oxygen atoms in total. The fourth-order valence-corrected chi connectivity index (χ4v) is 4.84. The van der Waals surface area contributed by atoms with Crippen molar-refractivity contribution in [1.29, 1.82) is 5.26 Å². The summed E-state index contributed by atoms with van der Waals surface area (Å²) in [7, 11) is -2.76. The molecule has 1 radical (unpaired) electrons. The Bertz CT molecular complexity index is 1330. The molecule has 0 aromatic heterocycles. The number of carbonyl (C=O) groups excluding carboxylic acids is 1. The first-order chi connectivity index (χ1) is 14.8. The van der Waals surface area contributed by atoms with Crippen LogP contribution in [0.25, 0.3) is 10.8 Å². The Labute approximate surface area is 180 Å². The summed E-state index contributed by atoms with van der Waals surface area (Å²) >= 11 is 0. The summed E-state index contributed by atoms with van der Waals surface area (Å²) in [6.07, 6.45) is 0.459. The van der Waals surface area contributed by atoms with Crippen molar-refractivity contribution in [2.75, 3.05) is 13.7 Å². The smallest absolute Gasteiger partial charge is 0.254 e. The molecule has 1 saturated heterocycles. The van der Waals surface area contributed by atoms with Gasteiger partial charge in [-0.2, -0.15) is 5.26 Å². The van der Waals surface area contributed by atoms with Gasteiger partial charge in [0.2, 0.25) is 5.91 Å². The number of nitriles is 1. The van der Waals surface area contributed by atoms with E-state index in [0.29, 0.717) is 41.8 Å². The van der Waals surface area contributed by atoms with E-state index in [0.717, 1.165) is 10.9 Å². The molecule has 0 spiro atoms. The number of carbonyl (C=O) groups is 1. The highest BCUT2D eigenvalue weighted by atomic mass is 32.2. The standard InChI is InChI=1S/C23H20N3O4S/c1-30-19-6-5-17-11-21(22(31(25,28)29)12-18(17)10-19)20-7-8-26(23(20)27)14-16-4-2-3-15(9-16)13-24/h2-6,9-12,20,25H,7-8,14H2,1H3/t20-/m0/s1. The molecule has 0 saturated carbocycles. The number of rotatable bonds is 5. The Hall–Kier alpha value is -3.41. The summed E-state index contributed by atoms with van der Waals surface area (Å²) < 4.78 is 29.7. The highest BCUT2D eigenvalue weighted by molar-refractivity contribution is 7.88. The van der Waals surface area contributed by atoms with Crippen molar-refractivity contribution in [3.8, 4) is 11.8 Å². The van der Waals surface area contributed by atoms with E-state index in [4.69, 9.17) is 15.1 Å². The van der Waals surface area contributed by atoms with Crippen molar-refractivity contribution in [2.24, 2.45) is 0 Å². The normalized spacial score (nSPS) is 16.5. The summed E-state index contributed by atoms with van der Waals surface area (Å²) in [4.78, 5) is 14.7. The maximum absolute atomic E-state index is 13.2. The zero-order valence-corrected chi connectivity index (χ0v) is 17.6. The number of nitrogens with one attached hydrogen (secondary N) is 1. The van der Waals surface area contributed by atoms with E-state index in [9.17, 15) is 13.2 Å². The van der Waals surface area contributed by atoms with E-state index < -0.39 is 15.9 Å². The molecule has 1 heterocycles. The lowest BCUT2D eigenvalue weighted by Gasteiger charge is -2.18. The number of hydrogen-bond donors (Lipinski definition) is 0. The van der Waals surface area contributed by atoms with Crippen molar-refractivity contribution in [2.45, 2.75) is 23.8 Å². The van der Waals surface area contributed by atoms with E-state index in [2.05, 4.69) is 6.07 Å². The highest BCUT2D eigenvalue weighted by Crippen LogP contribution is 2.36. The summed E-state index contributed by atoms with van der Waals surface area (Å²) in [5.74, 6) is -0.239. The monoisotopic (exact) mass is 434 g/mol. The number of amides is 1. The molecule has 0 aliphatic carbocycles. The van der Waals surface area contributed by atoms with Crippen LogP contribution in [-0.4, -0.2) is 32.9 Å². The van der Waals surface area contributed by atoms with E-state index in [1.807, 2.05) is 12.1 Å². The largest absolute Gasteiger partial charge is 0.497 e. The van der Waals surface area contributed by atoms with Crippen LogP contribution in [0.1, 0.15) is 29.0 Å². The molecule has 0 unspecified atom stereocenters. The van der Waals surface area contributed by atoms with Crippen LogP contribution in [0.4, 0.5) is 0 Å². The van der Waals surface area contributed by atoms with Crippen molar-refractivity contribution in [3.63, 3.8) is 0 Å². The molecule has 3 aromatic carbocycles. The summed E-state index contributed by atoms with van der Waals surface area (Å²) in [6, 6.07) is 17.6. The lowest BCUT2D eigenvalue weighted by atomic mass is 9.95. The Balaban J connectivity index is 1.71. The third-order valence-electron chi connectivity index (χ3n) is 5.57. The number of benzene rings is 3. The minimum atomic E-state index is -4.29. The third-order valence-corrected chi connectivity index (χ3v) is 6.50. The molecule has 0 bridgehead atoms. The Morgan fingerprint density at radius 1 is 1.16 bits per heavy atom. The number of fused-ring (bicyclic) bond motifs is 1. The van der Waals surface area contributed by atoms with Gasteiger partial charge < -0.3 is 9.64 Å². The molecule has 31 heavy (non-hydrogen) atoms. The highest BCUT2D eigenvalue weighted by Gasteiger charge is 2.36. The number of nitrogens with zero attached hydrogens (tertiary/aromatic N) is 2. The van der Waals surface area contributed by atoms with Crippen molar-refractivity contribution in [1.82, 2.24) is 10.0 Å². The second kappa shape index (κ2) is 8.02. The van der Waals surface area contributed by atoms with Crippen LogP contribution < -0.4 is 9.88 Å². The van der Waals surface area contributed by atoms with E-state index in [1.165, 1.54) is 13.2 Å². The van der Waals surface area contributed by atoms with Gasteiger partial charge in [-0.05, 0) is 64.7 Å². The lowest BCUT2D eigenvalue weighted by Crippen LogP contribution is -2.26. The SMILES string of the molecule is COc1ccc2cc([C@@H]3CCN(Cc4cccc(C#N)c4)C3=O)c(S([NH])(=O)=O)cc2c1. The summed E-state index contributed by atoms with van der Waals surface area (Å²) in [6.45, 7) is 0.816. The Morgan fingerprint density at radius 3 is 2.68 bits per heavy atom. The molecule has 1 fully saturated rings. The molecule has 1 N–H and O–H groups in total. The lowest BCUT2D eigenvalue weighted by molar-refractivity contribution is -0.129. The molecule has 1 amide bonds. The first-order valence-corrected chi connectivity index (χ1v) is 11.2. The van der Waals surface area contributed by atoms with E-state index >= 15 is 0 Å². The van der Waals surface area contributed by atoms with Crippen LogP contribution >= 0.6 is 0 Å². The molecule has 1 atom stereocenters. The van der Waals surface area contributed by atoms with Gasteiger partial charge in [0.15, 0.2) is 0 Å². The second-order valence-electron chi connectivity index (χ2n) is 7.52. The second-order valence-corrected chi connectivity index (χ2v) is 8.97. The first kappa shape index (κ1) is 20.8. The van der Waals surface area contributed by atoms with Gasteiger partial charge in [-0.3, -0.25) is 4.79 Å². The van der Waals surface area contributed by atoms with Crippen LogP contribution in [0.5, 0.6) is 5.75 Å². The van der Waals surface area contributed by atoms with Crippen LogP contribution in [0.3, 0.4) is 0 Å². The number of likely N-dealkylation sites (tertiary alicyclic amines) is 1. The first-order valence-electron chi connectivity index (χ1n) is 9.69. The van der Waals surface area contributed by atoms with E-state index in [-0.39, 0.29) is 10.8 Å². The Morgan fingerprint density at radius 2 is 1.97 bits per heavy atom. The van der Waals surface area contributed by atoms with Crippen molar-refractivity contribution >= 4 is 26.7 Å². The molecular weight excluding hydrogens is 414 g/mol. The Kier molecular flexibility index (Phi) is 5.39. The number of ether oxygens (including phenoxy) is 1. The van der Waals surface area contributed by atoms with Gasteiger partial charge in [-0.1, -0.05) is 18.2 Å². The van der Waals surface area contributed by atoms with Gasteiger partial charge in [0.1, 0.15) is 5.75 Å². The van der Waals surface area contributed by atoms with Gasteiger partial charge in [0, 0.05) is 13.1 Å². The zero-order valence-electron chi connectivity index (χ0n) is 16.8. The summed E-state index contributed by atoms with van der Waals surface area (Å²) in [5, 5.41) is 18.2. The average molecular weight is 434 g/mol. The quantitative estimate of drug-likeness (QED) is 0.612. The molecule has 1 aliphatic heterocycles. The van der Waals surface area contributed by atoms with Crippen molar-refractivity contribution < 1.29 is 17.9 Å². The third kappa shape index (κ3) is 4.10. The average Bonchev–Trinajstić information content (AvgIpc) is 3.11. The fraction of sp³-hybridized carbons (Fsp3) is 0.217. The number of hydrogen-bond acceptors (Lipinski definition) is 5. The number of methoxy groups -OCH3 is 1. The number of sulfonamides is 1. The van der Waals surface area contributed by atoms with Crippen LogP contribution in [0, 0.1) is 11.3 Å². The summed E-state index contributed by atoms with van der Waals surface area (Å²) in [5.41, 5.74) is 1.71. The molecule has 4 rings (SSSR count). The van der Waals surface area contributed by atoms with Gasteiger partial charge in [0.25, 0.3) is 10.0 Å². The van der Waals surface area contributed by atoms with Gasteiger partial charge in [-0.25, -0.2) is 8.42 Å². The molecule has 157 valence electrons. The van der Waals surface area contributed by atoms with Crippen LogP contribution in [-0.2, 0) is 21.4 Å². The molecule has 3 aromatic rings. The zero-order chi connectivity index (χ0) is 22.2. The fourth-order valence-electron chi connectivity index (χ4n) is 4.05. The minimum absolute atomic E-state index is 0.153. The molecule has 1 aliphatic rings. The van der Waals surface area contributed by atoms with Crippen LogP contribution in [0.15, 0.2) is 59.5 Å². The van der Waals surface area contributed by atoms with E-state index in [1.54, 1.807) is 41.3 Å².